The molecule has 0 fully saturated rings. The highest BCUT2D eigenvalue weighted by molar-refractivity contribution is 5.98. The minimum Gasteiger partial charge on any atom is -0.478 e. The van der Waals surface area contributed by atoms with Gasteiger partial charge in [0, 0.05) is 29.1 Å². The Morgan fingerprint density at radius 3 is 2.71 bits per heavy atom. The molecule has 0 amide bonds. The number of nitro groups is 1. The number of allylic oxidation sites excluding steroid dienone is 1. The highest BCUT2D eigenvalue weighted by atomic mass is 16.6. The molecule has 0 radical (unpaired) electrons. The second kappa shape index (κ2) is 7.12. The Kier molecular flexibility index (Phi) is 5.18. The van der Waals surface area contributed by atoms with E-state index in [4.69, 9.17) is 4.74 Å². The molecule has 6 nitrogen and oxygen atoms in total. The zero-order valence-electron chi connectivity index (χ0n) is 14.0. The van der Waals surface area contributed by atoms with Crippen molar-refractivity contribution in [1.82, 2.24) is 4.57 Å². The van der Waals surface area contributed by atoms with Crippen molar-refractivity contribution >= 4 is 11.5 Å². The van der Waals surface area contributed by atoms with Crippen LogP contribution in [0.2, 0.25) is 0 Å². The van der Waals surface area contributed by atoms with Gasteiger partial charge in [-0.2, -0.15) is 0 Å². The third-order valence-corrected chi connectivity index (χ3v) is 3.93. The Labute approximate surface area is 140 Å². The summed E-state index contributed by atoms with van der Waals surface area (Å²) in [5.41, 5.74) is 2.73. The van der Waals surface area contributed by atoms with E-state index in [0.29, 0.717) is 17.7 Å². The number of nitrogens with zero attached hydrogens (tertiary/aromatic N) is 2. The van der Waals surface area contributed by atoms with Crippen LogP contribution in [-0.2, 0) is 6.54 Å². The molecular weight excluding hydrogens is 308 g/mol. The summed E-state index contributed by atoms with van der Waals surface area (Å²) >= 11 is 0. The van der Waals surface area contributed by atoms with Gasteiger partial charge in [0.25, 0.3) is 0 Å². The molecule has 1 aromatic heterocycles. The van der Waals surface area contributed by atoms with Crippen LogP contribution in [0.25, 0.3) is 0 Å². The first kappa shape index (κ1) is 17.5. The van der Waals surface area contributed by atoms with Gasteiger partial charge in [0.05, 0.1) is 4.92 Å². The number of nitro benzene ring substituents is 1. The van der Waals surface area contributed by atoms with Crippen molar-refractivity contribution in [2.75, 3.05) is 6.61 Å². The zero-order chi connectivity index (χ0) is 17.9. The van der Waals surface area contributed by atoms with Crippen molar-refractivity contribution in [1.29, 1.82) is 0 Å². The van der Waals surface area contributed by atoms with E-state index in [1.807, 2.05) is 18.4 Å². The number of benzene rings is 1. The molecule has 0 N–H and O–H groups in total. The lowest BCUT2D eigenvalue weighted by Crippen LogP contribution is -2.13. The Morgan fingerprint density at radius 1 is 1.38 bits per heavy atom. The Balaban J connectivity index is 2.21. The van der Waals surface area contributed by atoms with Gasteiger partial charge in [0.15, 0.2) is 12.4 Å². The van der Waals surface area contributed by atoms with Crippen LogP contribution in [-0.4, -0.2) is 21.9 Å². The Hall–Kier alpha value is -2.89. The molecule has 1 aromatic carbocycles. The number of aryl methyl sites for hydroxylation is 2. The maximum atomic E-state index is 12.4. The van der Waals surface area contributed by atoms with Crippen LogP contribution in [0.3, 0.4) is 0 Å². The molecular formula is C18H20N2O4. The number of para-hydroxylation sites is 1. The first-order valence-electron chi connectivity index (χ1n) is 7.54. The number of ketones is 1. The lowest BCUT2D eigenvalue weighted by Gasteiger charge is -2.08. The number of Topliss-reactive ketones (excluding diaryl/α,β-unsaturated/α-hetero) is 1. The Morgan fingerprint density at radius 2 is 2.08 bits per heavy atom. The summed E-state index contributed by atoms with van der Waals surface area (Å²) < 4.78 is 7.42. The van der Waals surface area contributed by atoms with Gasteiger partial charge in [-0.3, -0.25) is 14.9 Å². The summed E-state index contributed by atoms with van der Waals surface area (Å²) in [6, 6.07) is 6.60. The number of ether oxygens (including phenoxy) is 1. The van der Waals surface area contributed by atoms with Crippen molar-refractivity contribution in [3.8, 4) is 5.75 Å². The molecule has 0 saturated carbocycles. The van der Waals surface area contributed by atoms with Gasteiger partial charge in [-0.25, -0.2) is 0 Å². The Bertz CT molecular complexity index is 806. The molecule has 0 bridgehead atoms. The predicted octanol–water partition coefficient (Wildman–Crippen LogP) is 3.77. The van der Waals surface area contributed by atoms with Crippen LogP contribution in [0, 0.1) is 30.9 Å². The second-order valence-corrected chi connectivity index (χ2v) is 5.57. The van der Waals surface area contributed by atoms with Crippen LogP contribution >= 0.6 is 0 Å². The summed E-state index contributed by atoms with van der Waals surface area (Å²) in [6.07, 6.45) is 1.76. The fraction of sp³-hybridized carbons (Fsp3) is 0.278. The van der Waals surface area contributed by atoms with Crippen LogP contribution < -0.4 is 4.74 Å². The molecule has 6 heteroatoms. The topological polar surface area (TPSA) is 74.4 Å². The molecule has 0 aliphatic carbocycles. The molecule has 1 heterocycles. The lowest BCUT2D eigenvalue weighted by molar-refractivity contribution is -0.386. The normalized spacial score (nSPS) is 10.5. The van der Waals surface area contributed by atoms with Crippen LogP contribution in [0.15, 0.2) is 36.9 Å². The van der Waals surface area contributed by atoms with E-state index in [2.05, 4.69) is 6.58 Å². The van der Waals surface area contributed by atoms with Gasteiger partial charge in [-0.1, -0.05) is 18.2 Å². The average Bonchev–Trinajstić information content (AvgIpc) is 2.81. The maximum Gasteiger partial charge on any atom is 0.313 e. The summed E-state index contributed by atoms with van der Waals surface area (Å²) in [6.45, 7) is 9.49. The molecule has 0 spiro atoms. The van der Waals surface area contributed by atoms with E-state index in [0.717, 1.165) is 11.4 Å². The van der Waals surface area contributed by atoms with Crippen molar-refractivity contribution < 1.29 is 14.5 Å². The van der Waals surface area contributed by atoms with E-state index in [-0.39, 0.29) is 23.8 Å². The second-order valence-electron chi connectivity index (χ2n) is 5.57. The van der Waals surface area contributed by atoms with Crippen molar-refractivity contribution in [3.05, 3.63) is 69.5 Å². The lowest BCUT2D eigenvalue weighted by atomic mass is 10.1. The average molecular weight is 328 g/mol. The van der Waals surface area contributed by atoms with E-state index >= 15 is 0 Å². The number of carbonyl (C=O) groups is 1. The highest BCUT2D eigenvalue weighted by Gasteiger charge is 2.21. The van der Waals surface area contributed by atoms with E-state index in [9.17, 15) is 14.9 Å². The van der Waals surface area contributed by atoms with Gasteiger partial charge >= 0.3 is 5.69 Å². The minimum absolute atomic E-state index is 0.105. The van der Waals surface area contributed by atoms with Gasteiger partial charge in [0.2, 0.25) is 5.78 Å². The summed E-state index contributed by atoms with van der Waals surface area (Å²) in [5, 5.41) is 11.2. The third kappa shape index (κ3) is 3.37. The SMILES string of the molecule is C=CCn1c(C)cc(C(=O)COc2cccc(C)c2[N+](=O)[O-])c1C. The number of rotatable bonds is 7. The van der Waals surface area contributed by atoms with Gasteiger partial charge < -0.3 is 9.30 Å². The fourth-order valence-corrected chi connectivity index (χ4v) is 2.70. The van der Waals surface area contributed by atoms with Gasteiger partial charge in [-0.15, -0.1) is 6.58 Å². The highest BCUT2D eigenvalue weighted by Crippen LogP contribution is 2.30. The van der Waals surface area contributed by atoms with Crippen molar-refractivity contribution in [3.63, 3.8) is 0 Å². The van der Waals surface area contributed by atoms with Crippen LogP contribution in [0.4, 0.5) is 5.69 Å². The number of hydrogen-bond acceptors (Lipinski definition) is 4. The van der Waals surface area contributed by atoms with Gasteiger partial charge in [-0.05, 0) is 32.9 Å². The number of hydrogen-bond donors (Lipinski definition) is 0. The summed E-state index contributed by atoms with van der Waals surface area (Å²) in [5.74, 6) is -0.109. The zero-order valence-corrected chi connectivity index (χ0v) is 14.0. The summed E-state index contributed by atoms with van der Waals surface area (Å²) in [7, 11) is 0. The standard InChI is InChI=1S/C18H20N2O4/c1-5-9-19-13(3)10-15(14(19)4)16(21)11-24-17-8-6-7-12(2)18(17)20(22)23/h5-8,10H,1,9,11H2,2-4H3. The number of aromatic nitrogens is 1. The fourth-order valence-electron chi connectivity index (χ4n) is 2.70. The minimum atomic E-state index is -0.495. The van der Waals surface area contributed by atoms with Crippen molar-refractivity contribution in [2.45, 2.75) is 27.3 Å². The molecule has 0 saturated heterocycles. The predicted molar refractivity (Wildman–Crippen MR) is 91.8 cm³/mol. The molecule has 126 valence electrons. The van der Waals surface area contributed by atoms with Crippen molar-refractivity contribution in [2.24, 2.45) is 0 Å². The van der Waals surface area contributed by atoms with Gasteiger partial charge in [0.1, 0.15) is 0 Å². The molecule has 0 aliphatic heterocycles. The smallest absolute Gasteiger partial charge is 0.313 e. The van der Waals surface area contributed by atoms with E-state index in [1.165, 1.54) is 6.07 Å². The molecule has 0 aliphatic rings. The largest absolute Gasteiger partial charge is 0.478 e. The molecule has 0 unspecified atom stereocenters. The first-order valence-corrected chi connectivity index (χ1v) is 7.54. The maximum absolute atomic E-state index is 12.4. The van der Waals surface area contributed by atoms with E-state index in [1.54, 1.807) is 31.2 Å². The van der Waals surface area contributed by atoms with E-state index < -0.39 is 4.92 Å². The molecule has 0 atom stereocenters. The number of carbonyl (C=O) groups excluding carboxylic acids is 1. The van der Waals surface area contributed by atoms with Crippen LogP contribution in [0.1, 0.15) is 27.3 Å². The first-order chi connectivity index (χ1) is 11.4. The van der Waals surface area contributed by atoms with Crippen LogP contribution in [0.5, 0.6) is 5.75 Å². The monoisotopic (exact) mass is 328 g/mol. The quantitative estimate of drug-likeness (QED) is 0.335. The molecule has 2 aromatic rings. The molecule has 24 heavy (non-hydrogen) atoms. The molecule has 2 rings (SSSR count). The summed E-state index contributed by atoms with van der Waals surface area (Å²) in [4.78, 5) is 23.1. The third-order valence-electron chi connectivity index (χ3n) is 3.93.